The van der Waals surface area contributed by atoms with Crippen molar-refractivity contribution in [3.8, 4) is 0 Å². The van der Waals surface area contributed by atoms with Crippen LogP contribution < -0.4 is 0 Å². The molecule has 3 heteroatoms. The van der Waals surface area contributed by atoms with E-state index in [4.69, 9.17) is 4.84 Å². The minimum Gasteiger partial charge on any atom is -0.359 e. The Labute approximate surface area is 67.3 Å². The molecule has 0 aliphatic carbocycles. The van der Waals surface area contributed by atoms with Gasteiger partial charge in [-0.3, -0.25) is 0 Å². The van der Waals surface area contributed by atoms with Gasteiger partial charge in [-0.05, 0) is 6.58 Å². The fourth-order valence-electron chi connectivity index (χ4n) is 1.05. The maximum Gasteiger partial charge on any atom is 0.240 e. The van der Waals surface area contributed by atoms with Crippen LogP contribution >= 0.6 is 0 Å². The predicted molar refractivity (Wildman–Crippen MR) is 44.9 cm³/mol. The molecular weight excluding hydrogens is 140 g/mol. The third kappa shape index (κ3) is 1.53. The zero-order valence-corrected chi connectivity index (χ0v) is 7.51. The average molecular weight is 154 g/mol. The zero-order valence-electron chi connectivity index (χ0n) is 7.51. The average Bonchev–Trinajstić information content (AvgIpc) is 2.08. The Kier molecular flexibility index (Phi) is 1.66. The Bertz CT molecular complexity index is 213. The molecule has 0 spiro atoms. The Morgan fingerprint density at radius 1 is 1.45 bits per heavy atom. The van der Waals surface area contributed by atoms with E-state index in [9.17, 15) is 0 Å². The van der Waals surface area contributed by atoms with Crippen molar-refractivity contribution in [2.24, 2.45) is 10.4 Å². The normalized spacial score (nSPS) is 18.4. The van der Waals surface area contributed by atoms with Crippen molar-refractivity contribution in [2.45, 2.75) is 20.8 Å². The number of nitrogens with zero attached hydrogens (tertiary/aromatic N) is 2. The quantitative estimate of drug-likeness (QED) is 0.531. The van der Waals surface area contributed by atoms with E-state index in [1.807, 2.05) is 7.05 Å². The molecular formula is C8H14N2O. The highest BCUT2D eigenvalue weighted by Crippen LogP contribution is 2.24. The van der Waals surface area contributed by atoms with Gasteiger partial charge in [-0.1, -0.05) is 20.8 Å². The molecule has 3 nitrogen and oxygen atoms in total. The van der Waals surface area contributed by atoms with Gasteiger partial charge in [0.15, 0.2) is 0 Å². The van der Waals surface area contributed by atoms with Crippen LogP contribution in [0.1, 0.15) is 20.8 Å². The van der Waals surface area contributed by atoms with Crippen LogP contribution in [0.4, 0.5) is 0 Å². The van der Waals surface area contributed by atoms with Gasteiger partial charge < -0.3 is 4.84 Å². The van der Waals surface area contributed by atoms with Gasteiger partial charge in [-0.2, -0.15) is 10.1 Å². The van der Waals surface area contributed by atoms with Gasteiger partial charge in [-0.25, -0.2) is 0 Å². The predicted octanol–water partition coefficient (Wildman–Crippen LogP) is 1.78. The number of hydrogen-bond acceptors (Lipinski definition) is 3. The lowest BCUT2D eigenvalue weighted by molar-refractivity contribution is -0.0166. The molecule has 0 saturated heterocycles. The Morgan fingerprint density at radius 3 is 2.18 bits per heavy atom. The van der Waals surface area contributed by atoms with Gasteiger partial charge >= 0.3 is 0 Å². The first-order valence-corrected chi connectivity index (χ1v) is 3.61. The standard InChI is InChI=1S/C8H14N2O/c1-6-9-7(8(2,3)4)10(5)11-6/h1H2,2-5H3. The summed E-state index contributed by atoms with van der Waals surface area (Å²) >= 11 is 0. The largest absolute Gasteiger partial charge is 0.359 e. The second-order valence-corrected chi connectivity index (χ2v) is 3.67. The van der Waals surface area contributed by atoms with E-state index in [0.29, 0.717) is 5.88 Å². The molecule has 1 rings (SSSR count). The van der Waals surface area contributed by atoms with Crippen LogP contribution in [0.2, 0.25) is 0 Å². The smallest absolute Gasteiger partial charge is 0.240 e. The van der Waals surface area contributed by atoms with Crippen molar-refractivity contribution in [1.29, 1.82) is 0 Å². The minimum absolute atomic E-state index is 0.0220. The van der Waals surface area contributed by atoms with Crippen molar-refractivity contribution in [1.82, 2.24) is 5.06 Å². The molecule has 1 aliphatic heterocycles. The summed E-state index contributed by atoms with van der Waals surface area (Å²) in [6.45, 7) is 9.88. The second kappa shape index (κ2) is 2.26. The van der Waals surface area contributed by atoms with Crippen molar-refractivity contribution in [3.05, 3.63) is 12.5 Å². The fraction of sp³-hybridized carbons (Fsp3) is 0.625. The van der Waals surface area contributed by atoms with Gasteiger partial charge in [-0.15, -0.1) is 0 Å². The van der Waals surface area contributed by atoms with Gasteiger partial charge in [0.2, 0.25) is 5.88 Å². The van der Waals surface area contributed by atoms with E-state index in [0.717, 1.165) is 5.84 Å². The molecule has 0 saturated carbocycles. The summed E-state index contributed by atoms with van der Waals surface area (Å²) in [5.41, 5.74) is 0.0220. The molecule has 0 unspecified atom stereocenters. The molecule has 0 fully saturated rings. The molecule has 11 heavy (non-hydrogen) atoms. The van der Waals surface area contributed by atoms with Gasteiger partial charge in [0, 0.05) is 12.5 Å². The summed E-state index contributed by atoms with van der Waals surface area (Å²) < 4.78 is 0. The highest BCUT2D eigenvalue weighted by molar-refractivity contribution is 5.88. The van der Waals surface area contributed by atoms with Crippen LogP contribution in [0.5, 0.6) is 0 Å². The van der Waals surface area contributed by atoms with E-state index in [2.05, 4.69) is 32.3 Å². The summed E-state index contributed by atoms with van der Waals surface area (Å²) in [6.07, 6.45) is 0. The molecule has 0 atom stereocenters. The topological polar surface area (TPSA) is 24.8 Å². The van der Waals surface area contributed by atoms with Gasteiger partial charge in [0.1, 0.15) is 5.84 Å². The van der Waals surface area contributed by atoms with Gasteiger partial charge in [0.05, 0.1) is 0 Å². The molecule has 0 N–H and O–H groups in total. The third-order valence-electron chi connectivity index (χ3n) is 1.44. The summed E-state index contributed by atoms with van der Waals surface area (Å²) in [6, 6.07) is 0. The lowest BCUT2D eigenvalue weighted by Gasteiger charge is -2.22. The van der Waals surface area contributed by atoms with Crippen LogP contribution in [-0.2, 0) is 4.84 Å². The van der Waals surface area contributed by atoms with Crippen molar-refractivity contribution >= 4 is 5.84 Å². The summed E-state index contributed by atoms with van der Waals surface area (Å²) in [5.74, 6) is 1.39. The van der Waals surface area contributed by atoms with Crippen molar-refractivity contribution in [3.63, 3.8) is 0 Å². The monoisotopic (exact) mass is 154 g/mol. The Hall–Kier alpha value is -0.990. The van der Waals surface area contributed by atoms with E-state index in [1.165, 1.54) is 0 Å². The molecule has 62 valence electrons. The molecule has 1 aliphatic rings. The van der Waals surface area contributed by atoms with E-state index in [-0.39, 0.29) is 5.41 Å². The highest BCUT2D eigenvalue weighted by atomic mass is 16.7. The lowest BCUT2D eigenvalue weighted by atomic mass is 9.95. The molecule has 0 aromatic carbocycles. The first-order valence-electron chi connectivity index (χ1n) is 3.61. The minimum atomic E-state index is 0.0220. The van der Waals surface area contributed by atoms with E-state index >= 15 is 0 Å². The van der Waals surface area contributed by atoms with Crippen LogP contribution in [0, 0.1) is 5.41 Å². The Morgan fingerprint density at radius 2 is 2.00 bits per heavy atom. The van der Waals surface area contributed by atoms with E-state index in [1.54, 1.807) is 5.06 Å². The number of hydroxylamine groups is 2. The summed E-state index contributed by atoms with van der Waals surface area (Å²) in [4.78, 5) is 9.30. The molecule has 0 aromatic rings. The molecule has 1 heterocycles. The highest BCUT2D eigenvalue weighted by Gasteiger charge is 2.28. The second-order valence-electron chi connectivity index (χ2n) is 3.67. The SMILES string of the molecule is C=C1N=C(C(C)(C)C)N(C)O1. The number of aliphatic imine (C=N–C) groups is 1. The molecule has 0 bridgehead atoms. The molecule has 0 radical (unpaired) electrons. The number of rotatable bonds is 0. The Balaban J connectivity index is 2.88. The van der Waals surface area contributed by atoms with Gasteiger partial charge in [0.25, 0.3) is 0 Å². The lowest BCUT2D eigenvalue weighted by Crippen LogP contribution is -2.32. The number of amidine groups is 1. The first-order chi connectivity index (χ1) is 4.91. The van der Waals surface area contributed by atoms with Crippen LogP contribution in [0.3, 0.4) is 0 Å². The van der Waals surface area contributed by atoms with Crippen LogP contribution in [-0.4, -0.2) is 17.9 Å². The fourth-order valence-corrected chi connectivity index (χ4v) is 1.05. The first kappa shape index (κ1) is 8.11. The third-order valence-corrected chi connectivity index (χ3v) is 1.44. The van der Waals surface area contributed by atoms with Crippen molar-refractivity contribution in [2.75, 3.05) is 7.05 Å². The summed E-state index contributed by atoms with van der Waals surface area (Å²) in [7, 11) is 1.84. The molecule has 0 aromatic heterocycles. The summed E-state index contributed by atoms with van der Waals surface area (Å²) in [5, 5.41) is 1.66. The zero-order chi connectivity index (χ0) is 8.65. The van der Waals surface area contributed by atoms with E-state index < -0.39 is 0 Å². The maximum absolute atomic E-state index is 5.14. The van der Waals surface area contributed by atoms with Crippen molar-refractivity contribution < 1.29 is 4.84 Å². The molecule has 0 amide bonds. The van der Waals surface area contributed by atoms with Crippen LogP contribution in [0.25, 0.3) is 0 Å². The maximum atomic E-state index is 5.14. The van der Waals surface area contributed by atoms with Crippen LogP contribution in [0.15, 0.2) is 17.5 Å². The number of hydrogen-bond donors (Lipinski definition) is 0.